The number of carbonyl (C=O) groups excluding carboxylic acids is 3. The Morgan fingerprint density at radius 1 is 0.912 bits per heavy atom. The Labute approximate surface area is 199 Å². The standard InChI is InChI=1S/C24H35NO9/c1-13(2)9-20(26)33-18-8-7-16(12-19(18)34-21(27)10-14(3)4)17(22(25)23(28)29)11-15(5)32-24(30)31-6/h7-8,12-15,17,22H,9-11,25H2,1-6H3,(H,28,29)/t15?,17?,22-/m0/s1. The van der Waals surface area contributed by atoms with Crippen LogP contribution in [0.1, 0.15) is 65.4 Å². The van der Waals surface area contributed by atoms with Crippen LogP contribution in [0, 0.1) is 11.8 Å². The molecule has 0 aliphatic heterocycles. The van der Waals surface area contributed by atoms with Crippen molar-refractivity contribution < 1.29 is 43.2 Å². The molecule has 0 aliphatic rings. The van der Waals surface area contributed by atoms with Crippen molar-refractivity contribution in [2.75, 3.05) is 7.11 Å². The Morgan fingerprint density at radius 2 is 1.44 bits per heavy atom. The van der Waals surface area contributed by atoms with Gasteiger partial charge in [0.1, 0.15) is 12.1 Å². The van der Waals surface area contributed by atoms with Crippen molar-refractivity contribution in [2.45, 2.75) is 71.9 Å². The zero-order valence-electron chi connectivity index (χ0n) is 20.5. The van der Waals surface area contributed by atoms with Crippen molar-refractivity contribution in [1.29, 1.82) is 0 Å². The zero-order chi connectivity index (χ0) is 26.0. The molecule has 0 saturated carbocycles. The Balaban J connectivity index is 3.35. The summed E-state index contributed by atoms with van der Waals surface area (Å²) < 4.78 is 20.4. The number of ether oxygens (including phenoxy) is 4. The number of carbonyl (C=O) groups is 4. The van der Waals surface area contributed by atoms with Crippen molar-refractivity contribution in [1.82, 2.24) is 0 Å². The molecule has 0 bridgehead atoms. The molecule has 0 spiro atoms. The molecule has 0 saturated heterocycles. The highest BCUT2D eigenvalue weighted by molar-refractivity contribution is 5.77. The second-order valence-electron chi connectivity index (χ2n) is 8.94. The molecule has 0 amide bonds. The molecule has 3 atom stereocenters. The number of hydrogen-bond donors (Lipinski definition) is 2. The molecule has 10 nitrogen and oxygen atoms in total. The number of rotatable bonds is 12. The fourth-order valence-corrected chi connectivity index (χ4v) is 3.19. The van der Waals surface area contributed by atoms with Crippen LogP contribution in [-0.2, 0) is 23.9 Å². The molecule has 0 heterocycles. The van der Waals surface area contributed by atoms with Gasteiger partial charge in [-0.05, 0) is 42.9 Å². The molecule has 0 fully saturated rings. The average molecular weight is 482 g/mol. The highest BCUT2D eigenvalue weighted by Crippen LogP contribution is 2.35. The highest BCUT2D eigenvalue weighted by atomic mass is 16.7. The van der Waals surface area contributed by atoms with Crippen LogP contribution in [-0.4, -0.2) is 48.4 Å². The number of aliphatic carboxylic acids is 1. The maximum Gasteiger partial charge on any atom is 0.508 e. The topological polar surface area (TPSA) is 151 Å². The minimum Gasteiger partial charge on any atom is -0.480 e. The first kappa shape index (κ1) is 28.9. The van der Waals surface area contributed by atoms with E-state index in [2.05, 4.69) is 4.74 Å². The van der Waals surface area contributed by atoms with E-state index in [-0.39, 0.29) is 42.6 Å². The fraction of sp³-hybridized carbons (Fsp3) is 0.583. The number of carboxylic acids is 1. The van der Waals surface area contributed by atoms with Crippen LogP contribution in [0.2, 0.25) is 0 Å². The van der Waals surface area contributed by atoms with Gasteiger partial charge >= 0.3 is 24.1 Å². The van der Waals surface area contributed by atoms with E-state index in [0.717, 1.165) is 7.11 Å². The van der Waals surface area contributed by atoms with Gasteiger partial charge in [0.25, 0.3) is 0 Å². The third-order valence-electron chi connectivity index (χ3n) is 4.76. The quantitative estimate of drug-likeness (QED) is 0.334. The van der Waals surface area contributed by atoms with Gasteiger partial charge < -0.3 is 29.8 Å². The van der Waals surface area contributed by atoms with Gasteiger partial charge in [-0.15, -0.1) is 0 Å². The summed E-state index contributed by atoms with van der Waals surface area (Å²) in [6, 6.07) is 3.04. The van der Waals surface area contributed by atoms with Crippen LogP contribution in [0.15, 0.2) is 18.2 Å². The first-order chi connectivity index (χ1) is 15.8. The lowest BCUT2D eigenvalue weighted by Crippen LogP contribution is -2.38. The number of benzene rings is 1. The second kappa shape index (κ2) is 13.5. The highest BCUT2D eigenvalue weighted by Gasteiger charge is 2.30. The van der Waals surface area contributed by atoms with E-state index in [4.69, 9.17) is 19.9 Å². The third-order valence-corrected chi connectivity index (χ3v) is 4.76. The molecule has 34 heavy (non-hydrogen) atoms. The van der Waals surface area contributed by atoms with Crippen molar-refractivity contribution in [3.63, 3.8) is 0 Å². The summed E-state index contributed by atoms with van der Waals surface area (Å²) in [5, 5.41) is 9.51. The summed E-state index contributed by atoms with van der Waals surface area (Å²) in [4.78, 5) is 47.6. The number of methoxy groups -OCH3 is 1. The predicted octanol–water partition coefficient (Wildman–Crippen LogP) is 3.65. The summed E-state index contributed by atoms with van der Waals surface area (Å²) in [5.41, 5.74) is 6.34. The van der Waals surface area contributed by atoms with Crippen LogP contribution in [0.3, 0.4) is 0 Å². The number of nitrogens with two attached hydrogens (primary N) is 1. The molecular weight excluding hydrogens is 446 g/mol. The smallest absolute Gasteiger partial charge is 0.480 e. The van der Waals surface area contributed by atoms with Crippen LogP contribution < -0.4 is 15.2 Å². The van der Waals surface area contributed by atoms with Gasteiger partial charge in [-0.25, -0.2) is 4.79 Å². The molecule has 3 N–H and O–H groups in total. The van der Waals surface area contributed by atoms with Gasteiger partial charge in [0, 0.05) is 18.8 Å². The van der Waals surface area contributed by atoms with E-state index in [1.807, 2.05) is 27.7 Å². The van der Waals surface area contributed by atoms with Gasteiger partial charge in [0.2, 0.25) is 0 Å². The number of hydrogen-bond acceptors (Lipinski definition) is 9. The molecule has 0 aromatic heterocycles. The molecule has 2 unspecified atom stereocenters. The van der Waals surface area contributed by atoms with E-state index in [0.29, 0.717) is 5.56 Å². The molecule has 1 aromatic rings. The van der Waals surface area contributed by atoms with Crippen molar-refractivity contribution >= 4 is 24.1 Å². The van der Waals surface area contributed by atoms with Crippen LogP contribution in [0.5, 0.6) is 11.5 Å². The summed E-state index contributed by atoms with van der Waals surface area (Å²) in [6.07, 6.45) is -1.29. The lowest BCUT2D eigenvalue weighted by atomic mass is 9.87. The van der Waals surface area contributed by atoms with Crippen molar-refractivity contribution in [3.8, 4) is 11.5 Å². The second-order valence-corrected chi connectivity index (χ2v) is 8.94. The van der Waals surface area contributed by atoms with E-state index in [1.54, 1.807) is 6.92 Å². The van der Waals surface area contributed by atoms with E-state index < -0.39 is 42.1 Å². The summed E-state index contributed by atoms with van der Waals surface area (Å²) in [6.45, 7) is 9.01. The first-order valence-corrected chi connectivity index (χ1v) is 11.1. The van der Waals surface area contributed by atoms with Crippen molar-refractivity contribution in [2.24, 2.45) is 17.6 Å². The molecular formula is C24H35NO9. The average Bonchev–Trinajstić information content (AvgIpc) is 2.71. The molecule has 0 radical (unpaired) electrons. The number of esters is 2. The van der Waals surface area contributed by atoms with Gasteiger partial charge in [0.15, 0.2) is 11.5 Å². The zero-order valence-corrected chi connectivity index (χ0v) is 20.5. The maximum absolute atomic E-state index is 12.3. The summed E-state index contributed by atoms with van der Waals surface area (Å²) in [5.74, 6) is -3.00. The molecule has 1 rings (SSSR count). The van der Waals surface area contributed by atoms with E-state index in [1.165, 1.54) is 18.2 Å². The Kier molecular flexibility index (Phi) is 11.5. The normalized spacial score (nSPS) is 13.7. The minimum atomic E-state index is -1.35. The van der Waals surface area contributed by atoms with Crippen LogP contribution in [0.4, 0.5) is 4.79 Å². The summed E-state index contributed by atoms with van der Waals surface area (Å²) in [7, 11) is 1.16. The minimum absolute atomic E-state index is 0.0237. The SMILES string of the molecule is COC(=O)OC(C)CC(c1ccc(OC(=O)CC(C)C)c(OC(=O)CC(C)C)c1)[C@H](N)C(=O)O. The van der Waals surface area contributed by atoms with Gasteiger partial charge in [0.05, 0.1) is 7.11 Å². The lowest BCUT2D eigenvalue weighted by molar-refractivity contribution is -0.139. The predicted molar refractivity (Wildman–Crippen MR) is 123 cm³/mol. The fourth-order valence-electron chi connectivity index (χ4n) is 3.19. The molecule has 1 aromatic carbocycles. The first-order valence-electron chi connectivity index (χ1n) is 11.1. The van der Waals surface area contributed by atoms with E-state index >= 15 is 0 Å². The summed E-state index contributed by atoms with van der Waals surface area (Å²) >= 11 is 0. The van der Waals surface area contributed by atoms with Crippen LogP contribution >= 0.6 is 0 Å². The lowest BCUT2D eigenvalue weighted by Gasteiger charge is -2.25. The van der Waals surface area contributed by atoms with Crippen LogP contribution in [0.25, 0.3) is 0 Å². The van der Waals surface area contributed by atoms with Crippen molar-refractivity contribution in [3.05, 3.63) is 23.8 Å². The monoisotopic (exact) mass is 481 g/mol. The Bertz CT molecular complexity index is 866. The van der Waals surface area contributed by atoms with Gasteiger partial charge in [-0.1, -0.05) is 33.8 Å². The molecule has 190 valence electrons. The Morgan fingerprint density at radius 3 is 1.91 bits per heavy atom. The molecule has 10 heteroatoms. The Hall–Kier alpha value is -3.14. The van der Waals surface area contributed by atoms with E-state index in [9.17, 15) is 24.3 Å². The maximum atomic E-state index is 12.3. The molecule has 0 aliphatic carbocycles. The number of carboxylic acid groups (broad SMARTS) is 1. The van der Waals surface area contributed by atoms with Gasteiger partial charge in [-0.2, -0.15) is 0 Å². The largest absolute Gasteiger partial charge is 0.508 e. The third kappa shape index (κ3) is 9.78. The van der Waals surface area contributed by atoms with Gasteiger partial charge in [-0.3, -0.25) is 14.4 Å².